The van der Waals surface area contributed by atoms with Crippen LogP contribution in [0.2, 0.25) is 0 Å². The first-order valence-electron chi connectivity index (χ1n) is 6.63. The van der Waals surface area contributed by atoms with Gasteiger partial charge in [0.05, 0.1) is 5.54 Å². The van der Waals surface area contributed by atoms with Crippen LogP contribution in [0.25, 0.3) is 0 Å². The van der Waals surface area contributed by atoms with Crippen LogP contribution in [-0.4, -0.2) is 28.9 Å². The van der Waals surface area contributed by atoms with Crippen LogP contribution >= 0.6 is 0 Å². The van der Waals surface area contributed by atoms with Gasteiger partial charge in [-0.25, -0.2) is 0 Å². The third-order valence-corrected chi connectivity index (χ3v) is 4.22. The van der Waals surface area contributed by atoms with Crippen molar-refractivity contribution < 1.29 is 4.79 Å². The van der Waals surface area contributed by atoms with Gasteiger partial charge in [0, 0.05) is 12.6 Å². The molecule has 0 aromatic rings. The molecule has 0 radical (unpaired) electrons. The summed E-state index contributed by atoms with van der Waals surface area (Å²) in [5, 5.41) is 0. The Hall–Kier alpha value is -0.570. The Morgan fingerprint density at radius 2 is 1.88 bits per heavy atom. The Balaban J connectivity index is 2.06. The Morgan fingerprint density at radius 3 is 2.38 bits per heavy atom. The Kier molecular flexibility index (Phi) is 3.24. The van der Waals surface area contributed by atoms with Crippen LogP contribution in [-0.2, 0) is 4.79 Å². The average Bonchev–Trinajstić information content (AvgIpc) is 2.58. The van der Waals surface area contributed by atoms with E-state index in [1.807, 2.05) is 4.90 Å². The molecule has 1 saturated heterocycles. The minimum atomic E-state index is -0.545. The van der Waals surface area contributed by atoms with Crippen molar-refractivity contribution in [2.24, 2.45) is 11.7 Å². The molecule has 2 rings (SSSR count). The van der Waals surface area contributed by atoms with Gasteiger partial charge < -0.3 is 10.6 Å². The van der Waals surface area contributed by atoms with Gasteiger partial charge in [-0.15, -0.1) is 0 Å². The van der Waals surface area contributed by atoms with E-state index in [4.69, 9.17) is 5.73 Å². The van der Waals surface area contributed by atoms with Crippen LogP contribution < -0.4 is 5.73 Å². The molecule has 16 heavy (non-hydrogen) atoms. The SMILES string of the molecule is CC1CC(C)N(C(=O)C2(N)CCCCC2)C1. The first-order chi connectivity index (χ1) is 7.53. The second-order valence-corrected chi connectivity index (χ2v) is 5.86. The van der Waals surface area contributed by atoms with E-state index in [9.17, 15) is 4.79 Å². The van der Waals surface area contributed by atoms with Crippen molar-refractivity contribution in [1.82, 2.24) is 4.90 Å². The zero-order chi connectivity index (χ0) is 11.8. The second-order valence-electron chi connectivity index (χ2n) is 5.86. The normalized spacial score (nSPS) is 34.1. The molecule has 1 amide bonds. The highest BCUT2D eigenvalue weighted by molar-refractivity contribution is 5.86. The number of hydrogen-bond acceptors (Lipinski definition) is 2. The lowest BCUT2D eigenvalue weighted by molar-refractivity contribution is -0.138. The van der Waals surface area contributed by atoms with Crippen molar-refractivity contribution >= 4 is 5.91 Å². The summed E-state index contributed by atoms with van der Waals surface area (Å²) in [7, 11) is 0. The first kappa shape index (κ1) is 11.9. The molecule has 1 heterocycles. The highest BCUT2D eigenvalue weighted by atomic mass is 16.2. The van der Waals surface area contributed by atoms with E-state index in [-0.39, 0.29) is 5.91 Å². The molecule has 2 aliphatic rings. The molecule has 3 heteroatoms. The van der Waals surface area contributed by atoms with Crippen LogP contribution in [0.4, 0.5) is 0 Å². The monoisotopic (exact) mass is 224 g/mol. The summed E-state index contributed by atoms with van der Waals surface area (Å²) in [4.78, 5) is 14.5. The zero-order valence-corrected chi connectivity index (χ0v) is 10.5. The lowest BCUT2D eigenvalue weighted by atomic mass is 9.81. The topological polar surface area (TPSA) is 46.3 Å². The van der Waals surface area contributed by atoms with Gasteiger partial charge >= 0.3 is 0 Å². The van der Waals surface area contributed by atoms with Gasteiger partial charge in [-0.2, -0.15) is 0 Å². The molecule has 0 aromatic carbocycles. The fourth-order valence-electron chi connectivity index (χ4n) is 3.27. The van der Waals surface area contributed by atoms with Crippen LogP contribution in [0.1, 0.15) is 52.4 Å². The molecule has 3 nitrogen and oxygen atoms in total. The molecule has 2 fully saturated rings. The standard InChI is InChI=1S/C13H24N2O/c1-10-8-11(2)15(9-10)12(16)13(14)6-4-3-5-7-13/h10-11H,3-9,14H2,1-2H3. The molecule has 1 aliphatic heterocycles. The number of carbonyl (C=O) groups is 1. The van der Waals surface area contributed by atoms with Crippen LogP contribution in [0.3, 0.4) is 0 Å². The van der Waals surface area contributed by atoms with Crippen molar-refractivity contribution in [1.29, 1.82) is 0 Å². The van der Waals surface area contributed by atoms with E-state index in [1.165, 1.54) is 6.42 Å². The van der Waals surface area contributed by atoms with Crippen molar-refractivity contribution in [2.45, 2.75) is 64.0 Å². The van der Waals surface area contributed by atoms with Gasteiger partial charge in [-0.1, -0.05) is 26.2 Å². The molecule has 2 unspecified atom stereocenters. The minimum absolute atomic E-state index is 0.212. The molecule has 2 N–H and O–H groups in total. The van der Waals surface area contributed by atoms with E-state index in [1.54, 1.807) is 0 Å². The predicted molar refractivity (Wildman–Crippen MR) is 65.0 cm³/mol. The summed E-state index contributed by atoms with van der Waals surface area (Å²) >= 11 is 0. The highest BCUT2D eigenvalue weighted by Gasteiger charge is 2.42. The summed E-state index contributed by atoms with van der Waals surface area (Å²) in [6.07, 6.45) is 6.34. The minimum Gasteiger partial charge on any atom is -0.338 e. The summed E-state index contributed by atoms with van der Waals surface area (Å²) < 4.78 is 0. The number of nitrogens with zero attached hydrogens (tertiary/aromatic N) is 1. The van der Waals surface area contributed by atoms with Gasteiger partial charge in [-0.05, 0) is 32.1 Å². The maximum absolute atomic E-state index is 12.5. The summed E-state index contributed by atoms with van der Waals surface area (Å²) in [6.45, 7) is 5.26. The molecule has 2 atom stereocenters. The average molecular weight is 224 g/mol. The summed E-state index contributed by atoms with van der Waals surface area (Å²) in [5.74, 6) is 0.843. The largest absolute Gasteiger partial charge is 0.338 e. The van der Waals surface area contributed by atoms with Crippen molar-refractivity contribution in [2.75, 3.05) is 6.54 Å². The molecule has 1 saturated carbocycles. The van der Waals surface area contributed by atoms with Gasteiger partial charge in [-0.3, -0.25) is 4.79 Å². The molecule has 0 spiro atoms. The number of amides is 1. The smallest absolute Gasteiger partial charge is 0.242 e. The molecule has 0 aromatic heterocycles. The number of carbonyl (C=O) groups excluding carboxylic acids is 1. The van der Waals surface area contributed by atoms with Gasteiger partial charge in [0.25, 0.3) is 0 Å². The third kappa shape index (κ3) is 2.10. The van der Waals surface area contributed by atoms with Gasteiger partial charge in [0.1, 0.15) is 0 Å². The lowest BCUT2D eigenvalue weighted by Crippen LogP contribution is -2.57. The van der Waals surface area contributed by atoms with E-state index in [0.717, 1.165) is 38.6 Å². The maximum Gasteiger partial charge on any atom is 0.242 e. The molecule has 1 aliphatic carbocycles. The Bertz CT molecular complexity index is 271. The van der Waals surface area contributed by atoms with Crippen LogP contribution in [0.15, 0.2) is 0 Å². The van der Waals surface area contributed by atoms with Crippen molar-refractivity contribution in [3.8, 4) is 0 Å². The fourth-order valence-corrected chi connectivity index (χ4v) is 3.27. The van der Waals surface area contributed by atoms with E-state index >= 15 is 0 Å². The van der Waals surface area contributed by atoms with Crippen LogP contribution in [0.5, 0.6) is 0 Å². The van der Waals surface area contributed by atoms with Crippen molar-refractivity contribution in [3.05, 3.63) is 0 Å². The predicted octanol–water partition coefficient (Wildman–Crippen LogP) is 1.90. The first-order valence-corrected chi connectivity index (χ1v) is 6.63. The fraction of sp³-hybridized carbons (Fsp3) is 0.923. The molecule has 92 valence electrons. The van der Waals surface area contributed by atoms with Crippen molar-refractivity contribution in [3.63, 3.8) is 0 Å². The summed E-state index contributed by atoms with van der Waals surface area (Å²) in [5.41, 5.74) is 5.75. The zero-order valence-electron chi connectivity index (χ0n) is 10.5. The number of likely N-dealkylation sites (tertiary alicyclic amines) is 1. The maximum atomic E-state index is 12.5. The van der Waals surface area contributed by atoms with Crippen LogP contribution in [0, 0.1) is 5.92 Å². The number of nitrogens with two attached hydrogens (primary N) is 1. The van der Waals surface area contributed by atoms with E-state index in [0.29, 0.717) is 12.0 Å². The quantitative estimate of drug-likeness (QED) is 0.739. The second kappa shape index (κ2) is 4.36. The molecular weight excluding hydrogens is 200 g/mol. The van der Waals surface area contributed by atoms with Gasteiger partial charge in [0.15, 0.2) is 0 Å². The van der Waals surface area contributed by atoms with Gasteiger partial charge in [0.2, 0.25) is 5.91 Å². The lowest BCUT2D eigenvalue weighted by Gasteiger charge is -2.37. The highest BCUT2D eigenvalue weighted by Crippen LogP contribution is 2.31. The Labute approximate surface area is 98.4 Å². The summed E-state index contributed by atoms with van der Waals surface area (Å²) in [6, 6.07) is 0.379. The number of rotatable bonds is 1. The number of hydrogen-bond donors (Lipinski definition) is 1. The Morgan fingerprint density at radius 1 is 1.25 bits per heavy atom. The third-order valence-electron chi connectivity index (χ3n) is 4.22. The molecule has 0 bridgehead atoms. The van der Waals surface area contributed by atoms with E-state index < -0.39 is 5.54 Å². The van der Waals surface area contributed by atoms with E-state index in [2.05, 4.69) is 13.8 Å². The molecular formula is C13H24N2O.